The molecule has 0 saturated carbocycles. The molecule has 0 aliphatic carbocycles. The summed E-state index contributed by atoms with van der Waals surface area (Å²) in [4.78, 5) is 17.0. The van der Waals surface area contributed by atoms with Gasteiger partial charge in [-0.25, -0.2) is 4.98 Å². The van der Waals surface area contributed by atoms with E-state index in [1.165, 1.54) is 0 Å². The lowest BCUT2D eigenvalue weighted by Crippen LogP contribution is -2.29. The maximum absolute atomic E-state index is 13.0. The first-order valence-corrected chi connectivity index (χ1v) is 9.33. The summed E-state index contributed by atoms with van der Waals surface area (Å²) in [6.07, 6.45) is 5.31. The lowest BCUT2D eigenvalue weighted by atomic mass is 9.98. The van der Waals surface area contributed by atoms with Gasteiger partial charge in [-0.15, -0.1) is 0 Å². The maximum atomic E-state index is 13.0. The predicted octanol–water partition coefficient (Wildman–Crippen LogP) is 4.40. The van der Waals surface area contributed by atoms with Crippen LogP contribution in [0.4, 0.5) is 0 Å². The van der Waals surface area contributed by atoms with E-state index in [0.717, 1.165) is 22.6 Å². The van der Waals surface area contributed by atoms with Crippen LogP contribution in [0.3, 0.4) is 0 Å². The van der Waals surface area contributed by atoms with Crippen molar-refractivity contribution in [3.05, 3.63) is 114 Å². The summed E-state index contributed by atoms with van der Waals surface area (Å²) in [5.41, 5.74) is 3.55. The summed E-state index contributed by atoms with van der Waals surface area (Å²) < 4.78 is 7.15. The topological polar surface area (TPSA) is 56.1 Å². The summed E-state index contributed by atoms with van der Waals surface area (Å²) in [5, 5.41) is 3.16. The first kappa shape index (κ1) is 18.5. The third-order valence-corrected chi connectivity index (χ3v) is 4.79. The minimum atomic E-state index is -0.261. The van der Waals surface area contributed by atoms with Crippen molar-refractivity contribution in [1.82, 2.24) is 14.9 Å². The number of nitrogens with one attached hydrogen (secondary N) is 1. The van der Waals surface area contributed by atoms with Crippen LogP contribution in [0, 0.1) is 0 Å². The molecule has 0 aliphatic heterocycles. The van der Waals surface area contributed by atoms with E-state index < -0.39 is 0 Å². The van der Waals surface area contributed by atoms with Crippen molar-refractivity contribution in [2.45, 2.75) is 6.04 Å². The molecule has 29 heavy (non-hydrogen) atoms. The molecule has 1 aromatic heterocycles. The largest absolute Gasteiger partial charge is 0.497 e. The minimum absolute atomic E-state index is 0.133. The summed E-state index contributed by atoms with van der Waals surface area (Å²) >= 11 is 0. The van der Waals surface area contributed by atoms with E-state index in [9.17, 15) is 4.79 Å². The number of carbonyl (C=O) groups is 1. The van der Waals surface area contributed by atoms with E-state index in [1.807, 2.05) is 89.6 Å². The molecular weight excluding hydrogens is 362 g/mol. The van der Waals surface area contributed by atoms with Gasteiger partial charge >= 0.3 is 0 Å². The van der Waals surface area contributed by atoms with Gasteiger partial charge in [0, 0.05) is 23.6 Å². The fraction of sp³-hybridized carbons (Fsp3) is 0.0833. The molecule has 5 nitrogen and oxygen atoms in total. The predicted molar refractivity (Wildman–Crippen MR) is 112 cm³/mol. The second kappa shape index (κ2) is 8.44. The van der Waals surface area contributed by atoms with E-state index in [1.54, 1.807) is 19.6 Å². The van der Waals surface area contributed by atoms with Gasteiger partial charge in [0.2, 0.25) is 0 Å². The standard InChI is InChI=1S/C24H21N3O2/c1-29-22-13-9-19(10-14-22)23(18-5-3-2-4-6-18)26-24(28)20-7-11-21(12-8-20)27-16-15-25-17-27/h2-17,23H,1H3,(H,26,28)/t23-/m1/s1. The second-order valence-electron chi connectivity index (χ2n) is 6.61. The molecule has 0 bridgehead atoms. The zero-order valence-electron chi connectivity index (χ0n) is 16.0. The lowest BCUT2D eigenvalue weighted by molar-refractivity contribution is 0.0943. The summed E-state index contributed by atoms with van der Waals surface area (Å²) in [7, 11) is 1.64. The van der Waals surface area contributed by atoms with Crippen molar-refractivity contribution >= 4 is 5.91 Å². The van der Waals surface area contributed by atoms with Crippen molar-refractivity contribution in [2.75, 3.05) is 7.11 Å². The van der Waals surface area contributed by atoms with Gasteiger partial charge in [0.1, 0.15) is 5.75 Å². The van der Waals surface area contributed by atoms with Crippen LogP contribution < -0.4 is 10.1 Å². The lowest BCUT2D eigenvalue weighted by Gasteiger charge is -2.20. The Kier molecular flexibility index (Phi) is 5.38. The number of hydrogen-bond acceptors (Lipinski definition) is 3. The zero-order valence-corrected chi connectivity index (χ0v) is 16.0. The van der Waals surface area contributed by atoms with Crippen LogP contribution in [-0.2, 0) is 0 Å². The van der Waals surface area contributed by atoms with Gasteiger partial charge in [-0.3, -0.25) is 4.79 Å². The number of amides is 1. The van der Waals surface area contributed by atoms with E-state index in [2.05, 4.69) is 10.3 Å². The fourth-order valence-corrected chi connectivity index (χ4v) is 3.21. The Morgan fingerprint density at radius 3 is 2.24 bits per heavy atom. The first-order chi connectivity index (χ1) is 14.2. The average Bonchev–Trinajstić information content (AvgIpc) is 3.33. The Balaban J connectivity index is 1.59. The molecule has 4 aromatic rings. The van der Waals surface area contributed by atoms with E-state index in [0.29, 0.717) is 5.56 Å². The monoisotopic (exact) mass is 383 g/mol. The highest BCUT2D eigenvalue weighted by Crippen LogP contribution is 2.24. The van der Waals surface area contributed by atoms with Gasteiger partial charge in [0.25, 0.3) is 5.91 Å². The van der Waals surface area contributed by atoms with Crippen molar-refractivity contribution < 1.29 is 9.53 Å². The minimum Gasteiger partial charge on any atom is -0.497 e. The highest BCUT2D eigenvalue weighted by atomic mass is 16.5. The number of hydrogen-bond donors (Lipinski definition) is 1. The molecule has 1 atom stereocenters. The molecule has 0 unspecified atom stereocenters. The zero-order chi connectivity index (χ0) is 20.1. The van der Waals surface area contributed by atoms with E-state index >= 15 is 0 Å². The summed E-state index contributed by atoms with van der Waals surface area (Å²) in [6.45, 7) is 0. The van der Waals surface area contributed by atoms with Crippen LogP contribution >= 0.6 is 0 Å². The molecule has 0 saturated heterocycles. The van der Waals surface area contributed by atoms with Crippen LogP contribution in [0.15, 0.2) is 97.6 Å². The maximum Gasteiger partial charge on any atom is 0.252 e. The van der Waals surface area contributed by atoms with Crippen LogP contribution in [0.1, 0.15) is 27.5 Å². The smallest absolute Gasteiger partial charge is 0.252 e. The molecule has 1 amide bonds. The molecule has 1 heterocycles. The molecule has 5 heteroatoms. The number of ether oxygens (including phenoxy) is 1. The summed E-state index contributed by atoms with van der Waals surface area (Å²) in [5.74, 6) is 0.647. The molecular formula is C24H21N3O2. The molecule has 4 rings (SSSR count). The highest BCUT2D eigenvalue weighted by Gasteiger charge is 2.18. The number of rotatable bonds is 6. The quantitative estimate of drug-likeness (QED) is 0.537. The van der Waals surface area contributed by atoms with Gasteiger partial charge in [-0.05, 0) is 47.5 Å². The van der Waals surface area contributed by atoms with Crippen molar-refractivity contribution in [2.24, 2.45) is 0 Å². The third kappa shape index (κ3) is 4.19. The third-order valence-electron chi connectivity index (χ3n) is 4.79. The first-order valence-electron chi connectivity index (χ1n) is 9.33. The van der Waals surface area contributed by atoms with Crippen LogP contribution in [0.5, 0.6) is 5.75 Å². The Morgan fingerprint density at radius 2 is 1.62 bits per heavy atom. The van der Waals surface area contributed by atoms with Gasteiger partial charge < -0.3 is 14.6 Å². The van der Waals surface area contributed by atoms with Crippen molar-refractivity contribution in [3.8, 4) is 11.4 Å². The average molecular weight is 383 g/mol. The number of aromatic nitrogens is 2. The number of benzene rings is 3. The molecule has 1 N–H and O–H groups in total. The van der Waals surface area contributed by atoms with Crippen molar-refractivity contribution in [3.63, 3.8) is 0 Å². The summed E-state index contributed by atoms with van der Waals surface area (Å²) in [6, 6.07) is 24.9. The second-order valence-corrected chi connectivity index (χ2v) is 6.61. The van der Waals surface area contributed by atoms with Crippen molar-refractivity contribution in [1.29, 1.82) is 0 Å². The normalized spacial score (nSPS) is 11.6. The molecule has 0 fully saturated rings. The number of nitrogens with zero attached hydrogens (tertiary/aromatic N) is 2. The molecule has 144 valence electrons. The Bertz CT molecular complexity index is 1060. The van der Waals surface area contributed by atoms with Crippen LogP contribution in [0.25, 0.3) is 5.69 Å². The van der Waals surface area contributed by atoms with E-state index in [-0.39, 0.29) is 11.9 Å². The van der Waals surface area contributed by atoms with Gasteiger partial charge in [0.05, 0.1) is 19.5 Å². The SMILES string of the molecule is COc1ccc([C@H](NC(=O)c2ccc(-n3ccnc3)cc2)c2ccccc2)cc1. The molecule has 0 radical (unpaired) electrons. The van der Waals surface area contributed by atoms with Crippen LogP contribution in [-0.4, -0.2) is 22.6 Å². The Labute approximate surface area is 169 Å². The van der Waals surface area contributed by atoms with Crippen LogP contribution in [0.2, 0.25) is 0 Å². The van der Waals surface area contributed by atoms with E-state index in [4.69, 9.17) is 4.74 Å². The highest BCUT2D eigenvalue weighted by molar-refractivity contribution is 5.94. The van der Waals surface area contributed by atoms with Gasteiger partial charge in [-0.1, -0.05) is 42.5 Å². The molecule has 3 aromatic carbocycles. The number of methoxy groups -OCH3 is 1. The number of carbonyl (C=O) groups excluding carboxylic acids is 1. The molecule has 0 aliphatic rings. The Hall–Kier alpha value is -3.86. The van der Waals surface area contributed by atoms with Gasteiger partial charge in [0.15, 0.2) is 0 Å². The fourth-order valence-electron chi connectivity index (χ4n) is 3.21. The molecule has 0 spiro atoms. The van der Waals surface area contributed by atoms with Gasteiger partial charge in [-0.2, -0.15) is 0 Å². The Morgan fingerprint density at radius 1 is 0.931 bits per heavy atom. The number of imidazole rings is 1.